The lowest BCUT2D eigenvalue weighted by Crippen LogP contribution is -2.18. The first-order valence-corrected chi connectivity index (χ1v) is 8.50. The van der Waals surface area contributed by atoms with Crippen LogP contribution >= 0.6 is 0 Å². The van der Waals surface area contributed by atoms with Crippen LogP contribution in [0.4, 0.5) is 5.69 Å². The van der Waals surface area contributed by atoms with Gasteiger partial charge < -0.3 is 19.5 Å². The van der Waals surface area contributed by atoms with E-state index < -0.39 is 0 Å². The molecule has 1 aliphatic rings. The van der Waals surface area contributed by atoms with Gasteiger partial charge in [0, 0.05) is 31.4 Å². The molecule has 0 bridgehead atoms. The van der Waals surface area contributed by atoms with Crippen LogP contribution in [-0.2, 0) is 9.53 Å². The minimum absolute atomic E-state index is 0.0445. The van der Waals surface area contributed by atoms with E-state index in [1.807, 2.05) is 32.0 Å². The summed E-state index contributed by atoms with van der Waals surface area (Å²) in [7, 11) is 0. The zero-order valence-corrected chi connectivity index (χ0v) is 14.1. The Labute approximate surface area is 138 Å². The molecule has 0 aromatic heterocycles. The van der Waals surface area contributed by atoms with E-state index in [4.69, 9.17) is 14.2 Å². The highest BCUT2D eigenvalue weighted by Crippen LogP contribution is 2.30. The molecule has 2 rings (SSSR count). The van der Waals surface area contributed by atoms with Crippen molar-refractivity contribution in [2.24, 2.45) is 5.92 Å². The maximum atomic E-state index is 12.1. The molecule has 1 saturated heterocycles. The average molecular weight is 321 g/mol. The van der Waals surface area contributed by atoms with Gasteiger partial charge in [0.25, 0.3) is 0 Å². The predicted octanol–water partition coefficient (Wildman–Crippen LogP) is 3.63. The van der Waals surface area contributed by atoms with Gasteiger partial charge in [-0.3, -0.25) is 4.79 Å². The first-order valence-electron chi connectivity index (χ1n) is 8.50. The van der Waals surface area contributed by atoms with E-state index in [9.17, 15) is 4.79 Å². The number of carbonyl (C=O) groups is 1. The summed E-state index contributed by atoms with van der Waals surface area (Å²) in [5.74, 6) is 2.02. The number of hydrogen-bond donors (Lipinski definition) is 1. The summed E-state index contributed by atoms with van der Waals surface area (Å²) in [4.78, 5) is 12.1. The van der Waals surface area contributed by atoms with Crippen molar-refractivity contribution >= 4 is 11.6 Å². The molecule has 0 spiro atoms. The number of anilines is 1. The summed E-state index contributed by atoms with van der Waals surface area (Å²) >= 11 is 0. The third-order valence-corrected chi connectivity index (χ3v) is 3.95. The Morgan fingerprint density at radius 1 is 1.17 bits per heavy atom. The van der Waals surface area contributed by atoms with Crippen molar-refractivity contribution < 1.29 is 19.0 Å². The lowest BCUT2D eigenvalue weighted by Gasteiger charge is -2.21. The van der Waals surface area contributed by atoms with Crippen LogP contribution in [0.5, 0.6) is 11.5 Å². The second kappa shape index (κ2) is 9.40. The second-order valence-corrected chi connectivity index (χ2v) is 5.67. The minimum atomic E-state index is 0.0445. The molecule has 1 amide bonds. The van der Waals surface area contributed by atoms with E-state index in [0.717, 1.165) is 38.2 Å². The summed E-state index contributed by atoms with van der Waals surface area (Å²) in [5, 5.41) is 2.94. The van der Waals surface area contributed by atoms with Crippen molar-refractivity contribution in [1.82, 2.24) is 0 Å². The summed E-state index contributed by atoms with van der Waals surface area (Å²) in [6.07, 6.45) is 3.59. The molecule has 23 heavy (non-hydrogen) atoms. The molecule has 0 saturated carbocycles. The molecular formula is C18H27NO4. The highest BCUT2D eigenvalue weighted by atomic mass is 16.5. The van der Waals surface area contributed by atoms with Crippen LogP contribution in [0.3, 0.4) is 0 Å². The van der Waals surface area contributed by atoms with Crippen molar-refractivity contribution in [2.45, 2.75) is 39.5 Å². The minimum Gasteiger partial charge on any atom is -0.490 e. The number of carbonyl (C=O) groups excluding carboxylic acids is 1. The largest absolute Gasteiger partial charge is 0.490 e. The standard InChI is InChI=1S/C18H27NO4/c1-3-22-16-7-6-15(13-17(16)23-4-2)19-18(20)8-5-14-9-11-21-12-10-14/h6-7,13-14H,3-5,8-12H2,1-2H3,(H,19,20). The van der Waals surface area contributed by atoms with Gasteiger partial charge in [-0.25, -0.2) is 0 Å². The molecular weight excluding hydrogens is 294 g/mol. The Balaban J connectivity index is 1.87. The van der Waals surface area contributed by atoms with Crippen LogP contribution in [0.2, 0.25) is 0 Å². The van der Waals surface area contributed by atoms with Gasteiger partial charge in [0.2, 0.25) is 5.91 Å². The lowest BCUT2D eigenvalue weighted by atomic mass is 9.95. The fraction of sp³-hybridized carbons (Fsp3) is 0.611. The zero-order valence-electron chi connectivity index (χ0n) is 14.1. The number of ether oxygens (including phenoxy) is 3. The van der Waals surface area contributed by atoms with Crippen LogP contribution in [-0.4, -0.2) is 32.3 Å². The quantitative estimate of drug-likeness (QED) is 0.794. The van der Waals surface area contributed by atoms with Gasteiger partial charge in [-0.15, -0.1) is 0 Å². The monoisotopic (exact) mass is 321 g/mol. The summed E-state index contributed by atoms with van der Waals surface area (Å²) in [6, 6.07) is 5.50. The molecule has 1 N–H and O–H groups in total. The van der Waals surface area contributed by atoms with E-state index in [1.54, 1.807) is 0 Å². The summed E-state index contributed by atoms with van der Waals surface area (Å²) < 4.78 is 16.4. The first-order chi connectivity index (χ1) is 11.2. The molecule has 1 aliphatic heterocycles. The predicted molar refractivity (Wildman–Crippen MR) is 90.2 cm³/mol. The molecule has 1 aromatic carbocycles. The fourth-order valence-electron chi connectivity index (χ4n) is 2.72. The topological polar surface area (TPSA) is 56.8 Å². The molecule has 1 fully saturated rings. The van der Waals surface area contributed by atoms with Gasteiger partial charge in [0.1, 0.15) is 0 Å². The Morgan fingerprint density at radius 3 is 2.57 bits per heavy atom. The fourth-order valence-corrected chi connectivity index (χ4v) is 2.72. The third kappa shape index (κ3) is 5.75. The normalized spacial score (nSPS) is 15.2. The van der Waals surface area contributed by atoms with E-state index in [1.165, 1.54) is 0 Å². The Hall–Kier alpha value is -1.75. The average Bonchev–Trinajstić information content (AvgIpc) is 2.57. The highest BCUT2D eigenvalue weighted by molar-refractivity contribution is 5.91. The van der Waals surface area contributed by atoms with Crippen molar-refractivity contribution in [1.29, 1.82) is 0 Å². The van der Waals surface area contributed by atoms with Crippen LogP contribution < -0.4 is 14.8 Å². The van der Waals surface area contributed by atoms with Gasteiger partial charge in [-0.05, 0) is 51.2 Å². The van der Waals surface area contributed by atoms with E-state index in [-0.39, 0.29) is 5.91 Å². The van der Waals surface area contributed by atoms with E-state index >= 15 is 0 Å². The first kappa shape index (κ1) is 17.6. The third-order valence-electron chi connectivity index (χ3n) is 3.95. The SMILES string of the molecule is CCOc1ccc(NC(=O)CCC2CCOCC2)cc1OCC. The summed E-state index contributed by atoms with van der Waals surface area (Å²) in [5.41, 5.74) is 0.744. The molecule has 5 nitrogen and oxygen atoms in total. The number of benzene rings is 1. The molecule has 5 heteroatoms. The smallest absolute Gasteiger partial charge is 0.224 e. The van der Waals surface area contributed by atoms with Gasteiger partial charge in [0.05, 0.1) is 13.2 Å². The molecule has 1 aromatic rings. The Bertz CT molecular complexity index is 498. The number of hydrogen-bond acceptors (Lipinski definition) is 4. The van der Waals surface area contributed by atoms with Gasteiger partial charge in [0.15, 0.2) is 11.5 Å². The maximum absolute atomic E-state index is 12.1. The Morgan fingerprint density at radius 2 is 1.87 bits per heavy atom. The second-order valence-electron chi connectivity index (χ2n) is 5.67. The number of rotatable bonds is 8. The van der Waals surface area contributed by atoms with Crippen molar-refractivity contribution in [2.75, 3.05) is 31.7 Å². The molecule has 0 unspecified atom stereocenters. The molecule has 0 radical (unpaired) electrons. The number of amides is 1. The van der Waals surface area contributed by atoms with Crippen LogP contribution in [0.1, 0.15) is 39.5 Å². The van der Waals surface area contributed by atoms with Crippen LogP contribution in [0.15, 0.2) is 18.2 Å². The van der Waals surface area contributed by atoms with Gasteiger partial charge in [-0.2, -0.15) is 0 Å². The molecule has 128 valence electrons. The van der Waals surface area contributed by atoms with Crippen molar-refractivity contribution in [3.8, 4) is 11.5 Å². The maximum Gasteiger partial charge on any atom is 0.224 e. The summed E-state index contributed by atoms with van der Waals surface area (Å²) in [6.45, 7) is 6.64. The van der Waals surface area contributed by atoms with Crippen LogP contribution in [0.25, 0.3) is 0 Å². The lowest BCUT2D eigenvalue weighted by molar-refractivity contribution is -0.116. The number of nitrogens with one attached hydrogen (secondary N) is 1. The van der Waals surface area contributed by atoms with Crippen molar-refractivity contribution in [3.63, 3.8) is 0 Å². The van der Waals surface area contributed by atoms with E-state index in [0.29, 0.717) is 37.1 Å². The van der Waals surface area contributed by atoms with E-state index in [2.05, 4.69) is 5.32 Å². The zero-order chi connectivity index (χ0) is 16.5. The molecule has 0 aliphatic carbocycles. The van der Waals surface area contributed by atoms with Gasteiger partial charge >= 0.3 is 0 Å². The highest BCUT2D eigenvalue weighted by Gasteiger charge is 2.15. The molecule has 0 atom stereocenters. The van der Waals surface area contributed by atoms with Crippen molar-refractivity contribution in [3.05, 3.63) is 18.2 Å². The molecule has 1 heterocycles. The van der Waals surface area contributed by atoms with Crippen LogP contribution in [0, 0.1) is 5.92 Å². The Kier molecular flexibility index (Phi) is 7.20. The van der Waals surface area contributed by atoms with Gasteiger partial charge in [-0.1, -0.05) is 0 Å².